The molecule has 0 spiro atoms. The summed E-state index contributed by atoms with van der Waals surface area (Å²) >= 11 is 0. The molecule has 1 saturated heterocycles. The minimum absolute atomic E-state index is 0.118. The lowest BCUT2D eigenvalue weighted by Crippen LogP contribution is -2.24. The van der Waals surface area contributed by atoms with Crippen molar-refractivity contribution >= 4 is 16.9 Å². The Morgan fingerprint density at radius 3 is 2.49 bits per heavy atom. The number of carbonyl (C=O) groups is 1. The van der Waals surface area contributed by atoms with Crippen molar-refractivity contribution in [1.82, 2.24) is 14.5 Å². The monoisotopic (exact) mass is 467 g/mol. The maximum Gasteiger partial charge on any atom is 0.223 e. The molecule has 1 atom stereocenters. The molecular formula is C30H33N3O2. The summed E-state index contributed by atoms with van der Waals surface area (Å²) in [5.41, 5.74) is 4.64. The van der Waals surface area contributed by atoms with E-state index in [0.29, 0.717) is 26.1 Å². The lowest BCUT2D eigenvalue weighted by atomic mass is 10.1. The van der Waals surface area contributed by atoms with Gasteiger partial charge < -0.3 is 14.2 Å². The molecule has 1 fully saturated rings. The third-order valence-corrected chi connectivity index (χ3v) is 6.86. The number of ether oxygens (including phenoxy) is 1. The predicted octanol–water partition coefficient (Wildman–Crippen LogP) is 5.97. The molecule has 0 saturated carbocycles. The van der Waals surface area contributed by atoms with E-state index >= 15 is 0 Å². The molecule has 0 bridgehead atoms. The van der Waals surface area contributed by atoms with E-state index in [4.69, 9.17) is 9.72 Å². The maximum atomic E-state index is 12.8. The molecule has 5 rings (SSSR count). The molecule has 1 aliphatic rings. The Kier molecular flexibility index (Phi) is 7.12. The molecule has 1 amide bonds. The zero-order valence-electron chi connectivity index (χ0n) is 20.4. The second-order valence-corrected chi connectivity index (χ2v) is 9.32. The van der Waals surface area contributed by atoms with Gasteiger partial charge in [-0.05, 0) is 54.7 Å². The number of nitrogens with zero attached hydrogens (tertiary/aromatic N) is 3. The molecule has 4 aromatic rings. The van der Waals surface area contributed by atoms with Crippen LogP contribution >= 0.6 is 0 Å². The van der Waals surface area contributed by atoms with Crippen LogP contribution in [0.5, 0.6) is 5.75 Å². The number of likely N-dealkylation sites (tertiary alicyclic amines) is 1. The van der Waals surface area contributed by atoms with Crippen LogP contribution in [0.25, 0.3) is 11.0 Å². The third kappa shape index (κ3) is 5.40. The quantitative estimate of drug-likeness (QED) is 0.270. The van der Waals surface area contributed by atoms with Gasteiger partial charge in [-0.15, -0.1) is 0 Å². The highest BCUT2D eigenvalue weighted by molar-refractivity contribution is 5.81. The Morgan fingerprint density at radius 1 is 0.914 bits per heavy atom. The van der Waals surface area contributed by atoms with Gasteiger partial charge in [-0.1, -0.05) is 61.5 Å². The smallest absolute Gasteiger partial charge is 0.223 e. The van der Waals surface area contributed by atoms with Gasteiger partial charge in [-0.25, -0.2) is 4.98 Å². The SMILES string of the molecule is CCc1ccc(OCCCCn2c(C3CC(=O)N(Cc4ccccc4)C3)nc3ccccc32)cc1. The number of unbranched alkanes of at least 4 members (excludes halogenated alkanes) is 1. The molecule has 0 N–H and O–H groups in total. The van der Waals surface area contributed by atoms with Crippen LogP contribution in [0.4, 0.5) is 0 Å². The fraction of sp³-hybridized carbons (Fsp3) is 0.333. The van der Waals surface area contributed by atoms with E-state index in [2.05, 4.69) is 66.1 Å². The number of hydrogen-bond donors (Lipinski definition) is 0. The first-order chi connectivity index (χ1) is 17.2. The highest BCUT2D eigenvalue weighted by atomic mass is 16.5. The summed E-state index contributed by atoms with van der Waals surface area (Å²) < 4.78 is 8.28. The summed E-state index contributed by atoms with van der Waals surface area (Å²) in [5.74, 6) is 2.29. The fourth-order valence-corrected chi connectivity index (χ4v) is 4.93. The van der Waals surface area contributed by atoms with Crippen molar-refractivity contribution < 1.29 is 9.53 Å². The Labute approximate surface area is 207 Å². The summed E-state index contributed by atoms with van der Waals surface area (Å²) in [6, 6.07) is 26.9. The van der Waals surface area contributed by atoms with Crippen LogP contribution in [0.1, 0.15) is 49.1 Å². The van der Waals surface area contributed by atoms with E-state index in [1.165, 1.54) is 11.1 Å². The second kappa shape index (κ2) is 10.8. The number of aromatic nitrogens is 2. The van der Waals surface area contributed by atoms with Gasteiger partial charge in [0.05, 0.1) is 17.6 Å². The van der Waals surface area contributed by atoms with Crippen molar-refractivity contribution in [2.75, 3.05) is 13.2 Å². The number of para-hydroxylation sites is 2. The van der Waals surface area contributed by atoms with Crippen LogP contribution in [0, 0.1) is 0 Å². The first kappa shape index (κ1) is 23.2. The minimum Gasteiger partial charge on any atom is -0.494 e. The molecule has 35 heavy (non-hydrogen) atoms. The number of rotatable bonds is 10. The van der Waals surface area contributed by atoms with Gasteiger partial charge in [0.25, 0.3) is 0 Å². The van der Waals surface area contributed by atoms with Crippen molar-refractivity contribution in [1.29, 1.82) is 0 Å². The molecule has 0 radical (unpaired) electrons. The van der Waals surface area contributed by atoms with Gasteiger partial charge in [-0.3, -0.25) is 4.79 Å². The van der Waals surface area contributed by atoms with E-state index in [1.54, 1.807) is 0 Å². The number of aryl methyl sites for hydroxylation is 2. The number of carbonyl (C=O) groups excluding carboxylic acids is 1. The molecule has 1 unspecified atom stereocenters. The number of hydrogen-bond acceptors (Lipinski definition) is 3. The Bertz CT molecular complexity index is 1260. The van der Waals surface area contributed by atoms with Crippen molar-refractivity contribution in [2.24, 2.45) is 0 Å². The molecular weight excluding hydrogens is 434 g/mol. The zero-order chi connectivity index (χ0) is 24.0. The molecule has 5 heteroatoms. The van der Waals surface area contributed by atoms with Gasteiger partial charge in [0.15, 0.2) is 0 Å². The molecule has 5 nitrogen and oxygen atoms in total. The number of fused-ring (bicyclic) bond motifs is 1. The zero-order valence-corrected chi connectivity index (χ0v) is 20.4. The van der Waals surface area contributed by atoms with Crippen LogP contribution < -0.4 is 4.74 Å². The van der Waals surface area contributed by atoms with Crippen molar-refractivity contribution in [3.63, 3.8) is 0 Å². The Hall–Kier alpha value is -3.60. The summed E-state index contributed by atoms with van der Waals surface area (Å²) in [7, 11) is 0. The number of imidazole rings is 1. The van der Waals surface area contributed by atoms with Crippen LogP contribution in [0.2, 0.25) is 0 Å². The van der Waals surface area contributed by atoms with Crippen molar-refractivity contribution in [3.05, 3.63) is 95.8 Å². The Morgan fingerprint density at radius 2 is 1.69 bits per heavy atom. The average molecular weight is 468 g/mol. The number of benzene rings is 3. The van der Waals surface area contributed by atoms with E-state index in [0.717, 1.165) is 48.4 Å². The molecule has 2 heterocycles. The normalized spacial score (nSPS) is 15.7. The topological polar surface area (TPSA) is 47.4 Å². The van der Waals surface area contributed by atoms with Gasteiger partial charge in [-0.2, -0.15) is 0 Å². The summed E-state index contributed by atoms with van der Waals surface area (Å²) in [6.45, 7) is 5.10. The first-order valence-electron chi connectivity index (χ1n) is 12.7. The summed E-state index contributed by atoms with van der Waals surface area (Å²) in [5, 5.41) is 0. The predicted molar refractivity (Wildman–Crippen MR) is 139 cm³/mol. The lowest BCUT2D eigenvalue weighted by Gasteiger charge is -2.17. The van der Waals surface area contributed by atoms with Crippen LogP contribution in [0.15, 0.2) is 78.9 Å². The van der Waals surface area contributed by atoms with E-state index in [-0.39, 0.29) is 11.8 Å². The number of amides is 1. The average Bonchev–Trinajstić information content (AvgIpc) is 3.45. The largest absolute Gasteiger partial charge is 0.494 e. The molecule has 1 aromatic heterocycles. The molecule has 3 aromatic carbocycles. The molecule has 0 aliphatic carbocycles. The lowest BCUT2D eigenvalue weighted by molar-refractivity contribution is -0.128. The van der Waals surface area contributed by atoms with Crippen LogP contribution in [0.3, 0.4) is 0 Å². The highest BCUT2D eigenvalue weighted by Crippen LogP contribution is 2.31. The standard InChI is InChI=1S/C30H33N3O2/c1-2-23-14-16-26(17-15-23)35-19-9-8-18-33-28-13-7-6-12-27(28)31-30(33)25-20-29(34)32(22-25)21-24-10-4-3-5-11-24/h3-7,10-17,25H,2,8-9,18-22H2,1H3. The van der Waals surface area contributed by atoms with Crippen molar-refractivity contribution in [3.8, 4) is 5.75 Å². The second-order valence-electron chi connectivity index (χ2n) is 9.32. The van der Waals surface area contributed by atoms with Crippen LogP contribution in [-0.4, -0.2) is 33.5 Å². The third-order valence-electron chi connectivity index (χ3n) is 6.86. The van der Waals surface area contributed by atoms with Gasteiger partial charge in [0, 0.05) is 32.0 Å². The van der Waals surface area contributed by atoms with Gasteiger partial charge in [0.1, 0.15) is 11.6 Å². The Balaban J connectivity index is 1.24. The van der Waals surface area contributed by atoms with Crippen LogP contribution in [-0.2, 0) is 24.3 Å². The van der Waals surface area contributed by atoms with E-state index in [1.807, 2.05) is 29.2 Å². The first-order valence-corrected chi connectivity index (χ1v) is 12.7. The van der Waals surface area contributed by atoms with Gasteiger partial charge >= 0.3 is 0 Å². The van der Waals surface area contributed by atoms with E-state index in [9.17, 15) is 4.79 Å². The minimum atomic E-state index is 0.118. The summed E-state index contributed by atoms with van der Waals surface area (Å²) in [6.07, 6.45) is 3.52. The summed E-state index contributed by atoms with van der Waals surface area (Å²) in [4.78, 5) is 19.8. The van der Waals surface area contributed by atoms with Gasteiger partial charge in [0.2, 0.25) is 5.91 Å². The molecule has 180 valence electrons. The van der Waals surface area contributed by atoms with E-state index < -0.39 is 0 Å². The highest BCUT2D eigenvalue weighted by Gasteiger charge is 2.33. The van der Waals surface area contributed by atoms with Crippen molar-refractivity contribution in [2.45, 2.75) is 51.6 Å². The molecule has 1 aliphatic heterocycles. The maximum absolute atomic E-state index is 12.8. The fourth-order valence-electron chi connectivity index (χ4n) is 4.93.